The van der Waals surface area contributed by atoms with Crippen molar-refractivity contribution < 1.29 is 14.3 Å². The van der Waals surface area contributed by atoms with Crippen LogP contribution < -0.4 is 15.4 Å². The van der Waals surface area contributed by atoms with Gasteiger partial charge in [-0.15, -0.1) is 0 Å². The number of esters is 1. The SMILES string of the molecule is COC(=O)c1ccc(Cl)c(NC(=S)NCc2ccc(OC(C)C)cc2)c1. The van der Waals surface area contributed by atoms with Crippen molar-refractivity contribution >= 4 is 40.6 Å². The van der Waals surface area contributed by atoms with Gasteiger partial charge in [-0.3, -0.25) is 0 Å². The summed E-state index contributed by atoms with van der Waals surface area (Å²) in [5.41, 5.74) is 1.98. The van der Waals surface area contributed by atoms with Crippen LogP contribution in [0.2, 0.25) is 5.02 Å². The van der Waals surface area contributed by atoms with E-state index < -0.39 is 5.97 Å². The molecule has 0 saturated heterocycles. The monoisotopic (exact) mass is 392 g/mol. The first-order valence-electron chi connectivity index (χ1n) is 8.07. The predicted molar refractivity (Wildman–Crippen MR) is 108 cm³/mol. The van der Waals surface area contributed by atoms with Gasteiger partial charge in [0.25, 0.3) is 0 Å². The molecule has 0 atom stereocenters. The average molecular weight is 393 g/mol. The molecule has 0 amide bonds. The summed E-state index contributed by atoms with van der Waals surface area (Å²) in [5.74, 6) is 0.392. The van der Waals surface area contributed by atoms with E-state index in [1.807, 2.05) is 38.1 Å². The third kappa shape index (κ3) is 5.89. The Balaban J connectivity index is 1.93. The molecule has 0 bridgehead atoms. The van der Waals surface area contributed by atoms with Crippen molar-refractivity contribution in [2.45, 2.75) is 26.5 Å². The molecule has 0 aliphatic heterocycles. The van der Waals surface area contributed by atoms with Gasteiger partial charge in [0.1, 0.15) is 5.75 Å². The van der Waals surface area contributed by atoms with E-state index in [1.54, 1.807) is 18.2 Å². The number of ether oxygens (including phenoxy) is 2. The topological polar surface area (TPSA) is 59.6 Å². The molecule has 0 saturated carbocycles. The van der Waals surface area contributed by atoms with Crippen LogP contribution in [0.15, 0.2) is 42.5 Å². The molecule has 0 aromatic heterocycles. The smallest absolute Gasteiger partial charge is 0.337 e. The predicted octanol–water partition coefficient (Wildman–Crippen LogP) is 4.40. The van der Waals surface area contributed by atoms with Gasteiger partial charge in [0.05, 0.1) is 29.5 Å². The van der Waals surface area contributed by atoms with E-state index in [1.165, 1.54) is 7.11 Å². The molecule has 0 unspecified atom stereocenters. The minimum Gasteiger partial charge on any atom is -0.491 e. The maximum atomic E-state index is 11.6. The highest BCUT2D eigenvalue weighted by molar-refractivity contribution is 7.80. The van der Waals surface area contributed by atoms with Gasteiger partial charge in [-0.25, -0.2) is 4.79 Å². The van der Waals surface area contributed by atoms with Crippen LogP contribution in [0.5, 0.6) is 5.75 Å². The van der Waals surface area contributed by atoms with Crippen LogP contribution in [0.4, 0.5) is 5.69 Å². The standard InChI is InChI=1S/C19H21ClN2O3S/c1-12(2)25-15-7-4-13(5-8-15)11-21-19(26)22-17-10-14(18(23)24-3)6-9-16(17)20/h4-10,12H,11H2,1-3H3,(H2,21,22,26). The quantitative estimate of drug-likeness (QED) is 0.561. The Morgan fingerprint density at radius 1 is 1.19 bits per heavy atom. The van der Waals surface area contributed by atoms with Gasteiger partial charge in [-0.05, 0) is 62.0 Å². The van der Waals surface area contributed by atoms with Crippen LogP contribution in [0.3, 0.4) is 0 Å². The second kappa shape index (κ2) is 9.40. The Bertz CT molecular complexity index is 779. The lowest BCUT2D eigenvalue weighted by atomic mass is 10.2. The lowest BCUT2D eigenvalue weighted by Crippen LogP contribution is -2.28. The molecule has 5 nitrogen and oxygen atoms in total. The molecule has 0 aliphatic carbocycles. The summed E-state index contributed by atoms with van der Waals surface area (Å²) in [6.07, 6.45) is 0.140. The highest BCUT2D eigenvalue weighted by Crippen LogP contribution is 2.23. The summed E-state index contributed by atoms with van der Waals surface area (Å²) in [6, 6.07) is 12.6. The second-order valence-electron chi connectivity index (χ2n) is 5.80. The lowest BCUT2D eigenvalue weighted by molar-refractivity contribution is 0.0601. The molecule has 7 heteroatoms. The highest BCUT2D eigenvalue weighted by atomic mass is 35.5. The largest absolute Gasteiger partial charge is 0.491 e. The van der Waals surface area contributed by atoms with Crippen LogP contribution in [0.1, 0.15) is 29.8 Å². The number of nitrogens with one attached hydrogen (secondary N) is 2. The molecular weight excluding hydrogens is 372 g/mol. The zero-order valence-electron chi connectivity index (χ0n) is 14.8. The fourth-order valence-electron chi connectivity index (χ4n) is 2.17. The van der Waals surface area contributed by atoms with Gasteiger partial charge in [0.15, 0.2) is 5.11 Å². The maximum Gasteiger partial charge on any atom is 0.337 e. The molecule has 0 fully saturated rings. The van der Waals surface area contributed by atoms with E-state index in [2.05, 4.69) is 10.6 Å². The van der Waals surface area contributed by atoms with Gasteiger partial charge < -0.3 is 20.1 Å². The Labute approximate surface area is 163 Å². The summed E-state index contributed by atoms with van der Waals surface area (Å²) in [5, 5.41) is 6.95. The number of halogens is 1. The number of carbonyl (C=O) groups is 1. The van der Waals surface area contributed by atoms with Crippen LogP contribution in [-0.4, -0.2) is 24.3 Å². The Kier molecular flexibility index (Phi) is 7.24. The number of hydrogen-bond donors (Lipinski definition) is 2. The Hall–Kier alpha value is -2.31. The van der Waals surface area contributed by atoms with Crippen molar-refractivity contribution in [1.29, 1.82) is 0 Å². The van der Waals surface area contributed by atoms with Crippen LogP contribution in [-0.2, 0) is 11.3 Å². The second-order valence-corrected chi connectivity index (χ2v) is 6.62. The number of benzene rings is 2. The summed E-state index contributed by atoms with van der Waals surface area (Å²) in [6.45, 7) is 4.52. The third-order valence-corrected chi connectivity index (χ3v) is 3.96. The molecule has 0 radical (unpaired) electrons. The maximum absolute atomic E-state index is 11.6. The first kappa shape index (κ1) is 20.0. The van der Waals surface area contributed by atoms with Crippen molar-refractivity contribution in [3.63, 3.8) is 0 Å². The zero-order valence-corrected chi connectivity index (χ0v) is 16.4. The van der Waals surface area contributed by atoms with Crippen molar-refractivity contribution in [2.24, 2.45) is 0 Å². The molecule has 2 aromatic carbocycles. The summed E-state index contributed by atoms with van der Waals surface area (Å²) < 4.78 is 10.3. The first-order chi connectivity index (χ1) is 12.4. The molecule has 26 heavy (non-hydrogen) atoms. The fourth-order valence-corrected chi connectivity index (χ4v) is 2.52. The van der Waals surface area contributed by atoms with Crippen LogP contribution in [0.25, 0.3) is 0 Å². The zero-order chi connectivity index (χ0) is 19.1. The van der Waals surface area contributed by atoms with E-state index in [0.717, 1.165) is 11.3 Å². The van der Waals surface area contributed by atoms with E-state index >= 15 is 0 Å². The lowest BCUT2D eigenvalue weighted by Gasteiger charge is -2.13. The number of rotatable bonds is 6. The average Bonchev–Trinajstić information content (AvgIpc) is 2.62. The molecule has 138 valence electrons. The van der Waals surface area contributed by atoms with E-state index in [0.29, 0.717) is 27.9 Å². The van der Waals surface area contributed by atoms with Gasteiger partial charge in [0, 0.05) is 6.54 Å². The molecule has 0 spiro atoms. The molecule has 2 rings (SSSR count). The van der Waals surface area contributed by atoms with E-state index in [9.17, 15) is 4.79 Å². The Morgan fingerprint density at radius 2 is 1.88 bits per heavy atom. The number of methoxy groups -OCH3 is 1. The fraction of sp³-hybridized carbons (Fsp3) is 0.263. The molecule has 0 heterocycles. The van der Waals surface area contributed by atoms with Gasteiger partial charge in [0.2, 0.25) is 0 Å². The summed E-state index contributed by atoms with van der Waals surface area (Å²) in [7, 11) is 1.33. The highest BCUT2D eigenvalue weighted by Gasteiger charge is 2.10. The summed E-state index contributed by atoms with van der Waals surface area (Å²) >= 11 is 11.4. The number of hydrogen-bond acceptors (Lipinski definition) is 4. The van der Waals surface area contributed by atoms with Gasteiger partial charge in [-0.1, -0.05) is 23.7 Å². The Morgan fingerprint density at radius 3 is 2.50 bits per heavy atom. The summed E-state index contributed by atoms with van der Waals surface area (Å²) in [4.78, 5) is 11.6. The molecular formula is C19H21ClN2O3S. The third-order valence-electron chi connectivity index (χ3n) is 3.38. The van der Waals surface area contributed by atoms with Crippen molar-refractivity contribution in [1.82, 2.24) is 5.32 Å². The van der Waals surface area contributed by atoms with Crippen molar-refractivity contribution in [2.75, 3.05) is 12.4 Å². The van der Waals surface area contributed by atoms with E-state index in [4.69, 9.17) is 33.3 Å². The molecule has 0 aliphatic rings. The van der Waals surface area contributed by atoms with Crippen molar-refractivity contribution in [3.8, 4) is 5.75 Å². The number of thiocarbonyl (C=S) groups is 1. The number of carbonyl (C=O) groups excluding carboxylic acids is 1. The first-order valence-corrected chi connectivity index (χ1v) is 8.86. The van der Waals surface area contributed by atoms with Crippen molar-refractivity contribution in [3.05, 3.63) is 58.6 Å². The van der Waals surface area contributed by atoms with Crippen LogP contribution in [0, 0.1) is 0 Å². The van der Waals surface area contributed by atoms with Gasteiger partial charge in [-0.2, -0.15) is 0 Å². The minimum absolute atomic E-state index is 0.140. The van der Waals surface area contributed by atoms with Crippen LogP contribution >= 0.6 is 23.8 Å². The normalized spacial score (nSPS) is 10.3. The number of anilines is 1. The minimum atomic E-state index is -0.438. The molecule has 2 N–H and O–H groups in total. The molecule has 2 aromatic rings. The van der Waals surface area contributed by atoms with E-state index in [-0.39, 0.29) is 6.10 Å². The van der Waals surface area contributed by atoms with Gasteiger partial charge >= 0.3 is 5.97 Å².